The average Bonchev–Trinajstić information content (AvgIpc) is 3.59. The Morgan fingerprint density at radius 1 is 1.13 bits per heavy atom. The molecule has 0 spiro atoms. The Morgan fingerprint density at radius 2 is 2.06 bits per heavy atom. The van der Waals surface area contributed by atoms with E-state index in [0.29, 0.717) is 5.82 Å². The monoisotopic (exact) mass is 431 g/mol. The fourth-order valence-corrected chi connectivity index (χ4v) is 4.64. The lowest BCUT2D eigenvalue weighted by molar-refractivity contribution is 0.588. The van der Waals surface area contributed by atoms with Gasteiger partial charge in [0.25, 0.3) is 0 Å². The van der Waals surface area contributed by atoms with Gasteiger partial charge in [0.1, 0.15) is 22.2 Å². The van der Waals surface area contributed by atoms with E-state index < -0.39 is 0 Å². The fraction of sp³-hybridized carbons (Fsp3) is 0.211. The second-order valence-electron chi connectivity index (χ2n) is 7.09. The summed E-state index contributed by atoms with van der Waals surface area (Å²) in [6, 6.07) is -0.0446. The zero-order valence-electron chi connectivity index (χ0n) is 16.7. The molecule has 0 saturated heterocycles. The lowest BCUT2D eigenvalue weighted by atomic mass is 10.1. The molecule has 0 unspecified atom stereocenters. The van der Waals surface area contributed by atoms with Gasteiger partial charge in [0.05, 0.1) is 35.9 Å². The quantitative estimate of drug-likeness (QED) is 0.444. The van der Waals surface area contributed by atoms with Gasteiger partial charge in [-0.15, -0.1) is 21.5 Å². The summed E-state index contributed by atoms with van der Waals surface area (Å²) < 4.78 is 2.03. The third-order valence-corrected chi connectivity index (χ3v) is 6.14. The van der Waals surface area contributed by atoms with Crippen molar-refractivity contribution in [2.45, 2.75) is 26.3 Å². The van der Waals surface area contributed by atoms with Gasteiger partial charge in [-0.2, -0.15) is 10.2 Å². The van der Waals surface area contributed by atoms with Gasteiger partial charge in [0, 0.05) is 17.8 Å². The smallest absolute Gasteiger partial charge is 0.165 e. The Labute approximate surface area is 180 Å². The van der Waals surface area contributed by atoms with Gasteiger partial charge in [-0.25, -0.2) is 15.0 Å². The lowest BCUT2D eigenvalue weighted by Gasteiger charge is -2.36. The highest BCUT2D eigenvalue weighted by molar-refractivity contribution is 7.13. The summed E-state index contributed by atoms with van der Waals surface area (Å²) >= 11 is 1.53. The van der Waals surface area contributed by atoms with Gasteiger partial charge in [-0.05, 0) is 13.3 Å². The van der Waals surface area contributed by atoms with Crippen molar-refractivity contribution in [3.63, 3.8) is 0 Å². The number of aromatic nitrogens is 10. The first kappa shape index (κ1) is 17.9. The van der Waals surface area contributed by atoms with Crippen LogP contribution in [0.1, 0.15) is 31.0 Å². The summed E-state index contributed by atoms with van der Waals surface area (Å²) in [5.41, 5.74) is 3.32. The Hall–Kier alpha value is -3.93. The number of hydrogen-bond donors (Lipinski definition) is 2. The van der Waals surface area contributed by atoms with Gasteiger partial charge >= 0.3 is 0 Å². The highest BCUT2D eigenvalue weighted by Crippen LogP contribution is 2.44. The van der Waals surface area contributed by atoms with Crippen LogP contribution in [0.3, 0.4) is 0 Å². The minimum atomic E-state index is -0.0446. The minimum absolute atomic E-state index is 0.0446. The SMILES string of the molecule is CC[C@H]1c2nnc(C)n2-c2cnc(-c3cn[nH]c3-c3nccs3)nc2N1c1cn[nH]c1. The maximum atomic E-state index is 5.00. The molecule has 0 amide bonds. The Kier molecular flexibility index (Phi) is 3.93. The van der Waals surface area contributed by atoms with Crippen molar-refractivity contribution < 1.29 is 0 Å². The molecule has 5 aromatic heterocycles. The van der Waals surface area contributed by atoms with E-state index in [0.717, 1.165) is 51.5 Å². The second kappa shape index (κ2) is 6.80. The molecule has 0 fully saturated rings. The zero-order chi connectivity index (χ0) is 20.9. The normalized spacial score (nSPS) is 15.2. The molecule has 154 valence electrons. The van der Waals surface area contributed by atoms with E-state index in [1.54, 1.807) is 18.6 Å². The summed E-state index contributed by atoms with van der Waals surface area (Å²) in [6.45, 7) is 4.06. The predicted molar refractivity (Wildman–Crippen MR) is 114 cm³/mol. The number of fused-ring (bicyclic) bond motifs is 3. The summed E-state index contributed by atoms with van der Waals surface area (Å²) in [7, 11) is 0. The van der Waals surface area contributed by atoms with E-state index >= 15 is 0 Å². The Balaban J connectivity index is 1.58. The van der Waals surface area contributed by atoms with E-state index in [4.69, 9.17) is 4.98 Å². The van der Waals surface area contributed by atoms with Crippen LogP contribution in [0.5, 0.6) is 0 Å². The van der Waals surface area contributed by atoms with E-state index in [2.05, 4.69) is 52.4 Å². The first-order valence-corrected chi connectivity index (χ1v) is 10.6. The van der Waals surface area contributed by atoms with Crippen molar-refractivity contribution in [1.82, 2.24) is 50.1 Å². The summed E-state index contributed by atoms with van der Waals surface area (Å²) in [4.78, 5) is 16.2. The van der Waals surface area contributed by atoms with Crippen molar-refractivity contribution in [2.24, 2.45) is 0 Å². The number of H-pyrrole nitrogens is 2. The molecule has 0 saturated carbocycles. The van der Waals surface area contributed by atoms with Gasteiger partial charge in [0.2, 0.25) is 0 Å². The Bertz CT molecular complexity index is 1350. The van der Waals surface area contributed by atoms with E-state index in [1.807, 2.05) is 29.3 Å². The second-order valence-corrected chi connectivity index (χ2v) is 7.98. The number of nitrogens with one attached hydrogen (secondary N) is 2. The van der Waals surface area contributed by atoms with Crippen LogP contribution < -0.4 is 4.90 Å². The molecule has 6 rings (SSSR count). The van der Waals surface area contributed by atoms with Crippen LogP contribution in [0.25, 0.3) is 27.8 Å². The van der Waals surface area contributed by atoms with Crippen molar-refractivity contribution in [2.75, 3.05) is 4.90 Å². The first-order valence-electron chi connectivity index (χ1n) is 9.77. The third kappa shape index (κ3) is 2.61. The number of hydrogen-bond acceptors (Lipinski definition) is 9. The van der Waals surface area contributed by atoms with Gasteiger partial charge < -0.3 is 4.90 Å². The maximum absolute atomic E-state index is 5.00. The molecule has 12 heteroatoms. The maximum Gasteiger partial charge on any atom is 0.165 e. The summed E-state index contributed by atoms with van der Waals surface area (Å²) in [5.74, 6) is 2.98. The van der Waals surface area contributed by atoms with E-state index in [9.17, 15) is 0 Å². The lowest BCUT2D eigenvalue weighted by Crippen LogP contribution is -2.32. The topological polar surface area (TPSA) is 130 Å². The van der Waals surface area contributed by atoms with Crippen LogP contribution in [0.4, 0.5) is 11.5 Å². The molecule has 0 radical (unpaired) electrons. The highest BCUT2D eigenvalue weighted by atomic mass is 32.1. The molecule has 2 N–H and O–H groups in total. The van der Waals surface area contributed by atoms with Gasteiger partial charge in [0.15, 0.2) is 17.5 Å². The number of aryl methyl sites for hydroxylation is 1. The molecule has 6 heterocycles. The molecule has 1 aliphatic heterocycles. The fourth-order valence-electron chi connectivity index (χ4n) is 4.00. The standard InChI is InChI=1S/C19H17N11S/c1-3-13-18-28-26-10(2)29(18)14-9-21-16(25-17(14)30(13)11-6-22-23-7-11)12-8-24-27-15(12)19-20-4-5-31-19/h4-9,13H,3H2,1-2H3,(H,22,23)(H,24,27)/t13-/m0/s1. The molecule has 0 aromatic carbocycles. The van der Waals surface area contributed by atoms with Crippen LogP contribution in [0.2, 0.25) is 0 Å². The largest absolute Gasteiger partial charge is 0.311 e. The Morgan fingerprint density at radius 3 is 2.84 bits per heavy atom. The van der Waals surface area contributed by atoms with Crippen molar-refractivity contribution in [3.05, 3.63) is 48.0 Å². The average molecular weight is 431 g/mol. The zero-order valence-corrected chi connectivity index (χ0v) is 17.5. The molecular formula is C19H17N11S. The highest BCUT2D eigenvalue weighted by Gasteiger charge is 2.36. The van der Waals surface area contributed by atoms with Gasteiger partial charge in [-0.3, -0.25) is 14.8 Å². The predicted octanol–water partition coefficient (Wildman–Crippen LogP) is 3.21. The van der Waals surface area contributed by atoms with Gasteiger partial charge in [-0.1, -0.05) is 6.92 Å². The van der Waals surface area contributed by atoms with Crippen molar-refractivity contribution in [3.8, 4) is 27.8 Å². The van der Waals surface area contributed by atoms with E-state index in [-0.39, 0.29) is 6.04 Å². The summed E-state index contributed by atoms with van der Waals surface area (Å²) in [6.07, 6.45) is 9.77. The number of rotatable bonds is 4. The van der Waals surface area contributed by atoms with Crippen LogP contribution in [0.15, 0.2) is 36.4 Å². The molecule has 1 aliphatic rings. The molecule has 5 aromatic rings. The third-order valence-electron chi connectivity index (χ3n) is 5.35. The van der Waals surface area contributed by atoms with Crippen LogP contribution in [-0.2, 0) is 0 Å². The molecule has 1 atom stereocenters. The number of anilines is 2. The molecule has 31 heavy (non-hydrogen) atoms. The van der Waals surface area contributed by atoms with Crippen LogP contribution in [0, 0.1) is 6.92 Å². The number of thiazole rings is 1. The van der Waals surface area contributed by atoms with Crippen molar-refractivity contribution in [1.29, 1.82) is 0 Å². The van der Waals surface area contributed by atoms with Crippen LogP contribution in [-0.4, -0.2) is 50.1 Å². The summed E-state index contributed by atoms with van der Waals surface area (Å²) in [5, 5.41) is 25.8. The molecule has 0 aliphatic carbocycles. The van der Waals surface area contributed by atoms with E-state index in [1.165, 1.54) is 11.3 Å². The first-order chi connectivity index (χ1) is 15.3. The molecule has 0 bridgehead atoms. The van der Waals surface area contributed by atoms with Crippen molar-refractivity contribution >= 4 is 22.8 Å². The van der Waals surface area contributed by atoms with Crippen LogP contribution >= 0.6 is 11.3 Å². The molecular weight excluding hydrogens is 414 g/mol. The number of aromatic amines is 2. The number of nitrogens with zero attached hydrogens (tertiary/aromatic N) is 9. The molecule has 11 nitrogen and oxygen atoms in total. The minimum Gasteiger partial charge on any atom is -0.311 e.